The van der Waals surface area contributed by atoms with Crippen LogP contribution in [0.3, 0.4) is 0 Å². The lowest BCUT2D eigenvalue weighted by molar-refractivity contribution is 0.281. The van der Waals surface area contributed by atoms with Crippen LogP contribution < -0.4 is 5.32 Å². The maximum absolute atomic E-state index is 5.95. The minimum atomic E-state index is 0.398. The molecule has 1 saturated heterocycles. The van der Waals surface area contributed by atoms with Gasteiger partial charge in [0.1, 0.15) is 0 Å². The van der Waals surface area contributed by atoms with Gasteiger partial charge in [0.05, 0.1) is 0 Å². The van der Waals surface area contributed by atoms with Crippen molar-refractivity contribution in [2.45, 2.75) is 51.6 Å². The standard InChI is InChI=1S/C17H27ClN2/c1-3-11-20-12-4-5-17(10-13-20)19-14(2)15-6-8-16(18)9-7-15/h6-9,14,17,19H,3-5,10-13H2,1-2H3/t14-,17?/m1/s1. The highest BCUT2D eigenvalue weighted by molar-refractivity contribution is 6.30. The molecular formula is C17H27ClN2. The lowest BCUT2D eigenvalue weighted by Crippen LogP contribution is -2.33. The molecule has 1 heterocycles. The smallest absolute Gasteiger partial charge is 0.0406 e. The van der Waals surface area contributed by atoms with Crippen molar-refractivity contribution in [3.63, 3.8) is 0 Å². The van der Waals surface area contributed by atoms with E-state index >= 15 is 0 Å². The van der Waals surface area contributed by atoms with Gasteiger partial charge < -0.3 is 10.2 Å². The first-order chi connectivity index (χ1) is 9.69. The molecule has 0 aromatic heterocycles. The Morgan fingerprint density at radius 2 is 2.00 bits per heavy atom. The van der Waals surface area contributed by atoms with E-state index in [0.29, 0.717) is 12.1 Å². The van der Waals surface area contributed by atoms with Gasteiger partial charge in [-0.15, -0.1) is 0 Å². The molecule has 0 spiro atoms. The van der Waals surface area contributed by atoms with E-state index in [1.165, 1.54) is 50.9 Å². The number of hydrogen-bond acceptors (Lipinski definition) is 2. The Morgan fingerprint density at radius 1 is 1.25 bits per heavy atom. The van der Waals surface area contributed by atoms with E-state index in [9.17, 15) is 0 Å². The Hall–Kier alpha value is -0.570. The first kappa shape index (κ1) is 15.8. The van der Waals surface area contributed by atoms with E-state index in [4.69, 9.17) is 11.6 Å². The van der Waals surface area contributed by atoms with Crippen LogP contribution in [0.15, 0.2) is 24.3 Å². The Bertz CT molecular complexity index is 390. The lowest BCUT2D eigenvalue weighted by atomic mass is 10.0. The third kappa shape index (κ3) is 4.76. The maximum Gasteiger partial charge on any atom is 0.0406 e. The topological polar surface area (TPSA) is 15.3 Å². The summed E-state index contributed by atoms with van der Waals surface area (Å²) in [6.45, 7) is 8.26. The fraction of sp³-hybridized carbons (Fsp3) is 0.647. The van der Waals surface area contributed by atoms with Crippen molar-refractivity contribution in [2.75, 3.05) is 19.6 Å². The predicted molar refractivity (Wildman–Crippen MR) is 87.4 cm³/mol. The fourth-order valence-electron chi connectivity index (χ4n) is 3.06. The van der Waals surface area contributed by atoms with E-state index < -0.39 is 0 Å². The number of hydrogen-bond donors (Lipinski definition) is 1. The molecule has 1 aromatic carbocycles. The van der Waals surface area contributed by atoms with Crippen molar-refractivity contribution >= 4 is 11.6 Å². The quantitative estimate of drug-likeness (QED) is 0.873. The number of likely N-dealkylation sites (tertiary alicyclic amines) is 1. The van der Waals surface area contributed by atoms with Gasteiger partial charge in [-0.3, -0.25) is 0 Å². The van der Waals surface area contributed by atoms with Crippen LogP contribution in [0.5, 0.6) is 0 Å². The van der Waals surface area contributed by atoms with Crippen molar-refractivity contribution in [2.24, 2.45) is 0 Å². The lowest BCUT2D eigenvalue weighted by Gasteiger charge is -2.23. The van der Waals surface area contributed by atoms with Gasteiger partial charge in [-0.05, 0) is 69.9 Å². The zero-order chi connectivity index (χ0) is 14.4. The summed E-state index contributed by atoms with van der Waals surface area (Å²) in [5.41, 5.74) is 1.32. The molecule has 1 N–H and O–H groups in total. The van der Waals surface area contributed by atoms with E-state index in [1.54, 1.807) is 0 Å². The fourth-order valence-corrected chi connectivity index (χ4v) is 3.19. The molecule has 3 heteroatoms. The third-order valence-electron chi connectivity index (χ3n) is 4.22. The Labute approximate surface area is 128 Å². The van der Waals surface area contributed by atoms with Gasteiger partial charge in [-0.2, -0.15) is 0 Å². The van der Waals surface area contributed by atoms with Crippen LogP contribution in [0.2, 0.25) is 5.02 Å². The van der Waals surface area contributed by atoms with Gasteiger partial charge in [0.25, 0.3) is 0 Å². The summed E-state index contributed by atoms with van der Waals surface area (Å²) >= 11 is 5.95. The number of rotatable bonds is 5. The van der Waals surface area contributed by atoms with Crippen LogP contribution in [-0.2, 0) is 0 Å². The van der Waals surface area contributed by atoms with E-state index in [0.717, 1.165) is 5.02 Å². The molecule has 0 aliphatic carbocycles. The second-order valence-electron chi connectivity index (χ2n) is 5.91. The van der Waals surface area contributed by atoms with Crippen LogP contribution in [-0.4, -0.2) is 30.6 Å². The van der Waals surface area contributed by atoms with Crippen LogP contribution in [0.1, 0.15) is 51.1 Å². The number of halogens is 1. The normalized spacial score (nSPS) is 22.4. The van der Waals surface area contributed by atoms with Crippen molar-refractivity contribution in [3.8, 4) is 0 Å². The first-order valence-corrected chi connectivity index (χ1v) is 8.30. The van der Waals surface area contributed by atoms with Gasteiger partial charge in [0, 0.05) is 17.1 Å². The summed E-state index contributed by atoms with van der Waals surface area (Å²) in [4.78, 5) is 2.61. The third-order valence-corrected chi connectivity index (χ3v) is 4.47. The average molecular weight is 295 g/mol. The second kappa shape index (κ2) is 8.02. The molecule has 2 nitrogen and oxygen atoms in total. The zero-order valence-corrected chi connectivity index (χ0v) is 13.5. The number of nitrogens with zero attached hydrogens (tertiary/aromatic N) is 1. The molecule has 1 unspecified atom stereocenters. The van der Waals surface area contributed by atoms with E-state index in [2.05, 4.69) is 36.2 Å². The van der Waals surface area contributed by atoms with Gasteiger partial charge in [0.15, 0.2) is 0 Å². The molecule has 1 aliphatic rings. The van der Waals surface area contributed by atoms with Crippen molar-refractivity contribution in [1.82, 2.24) is 10.2 Å². The molecule has 0 amide bonds. The maximum atomic E-state index is 5.95. The van der Waals surface area contributed by atoms with Gasteiger partial charge in [-0.1, -0.05) is 30.7 Å². The highest BCUT2D eigenvalue weighted by Gasteiger charge is 2.18. The van der Waals surface area contributed by atoms with Crippen molar-refractivity contribution in [3.05, 3.63) is 34.9 Å². The molecule has 1 aliphatic heterocycles. The second-order valence-corrected chi connectivity index (χ2v) is 6.35. The van der Waals surface area contributed by atoms with E-state index in [-0.39, 0.29) is 0 Å². The summed E-state index contributed by atoms with van der Waals surface area (Å²) in [6.07, 6.45) is 5.13. The zero-order valence-electron chi connectivity index (χ0n) is 12.7. The molecular weight excluding hydrogens is 268 g/mol. The molecule has 1 aromatic rings. The van der Waals surface area contributed by atoms with Crippen LogP contribution in [0.25, 0.3) is 0 Å². The predicted octanol–water partition coefficient (Wildman–Crippen LogP) is 4.26. The van der Waals surface area contributed by atoms with Crippen molar-refractivity contribution < 1.29 is 0 Å². The Morgan fingerprint density at radius 3 is 2.70 bits per heavy atom. The Kier molecular flexibility index (Phi) is 6.34. The molecule has 20 heavy (non-hydrogen) atoms. The van der Waals surface area contributed by atoms with Crippen LogP contribution in [0.4, 0.5) is 0 Å². The number of nitrogens with one attached hydrogen (secondary N) is 1. The summed E-state index contributed by atoms with van der Waals surface area (Å²) in [5.74, 6) is 0. The molecule has 0 bridgehead atoms. The van der Waals surface area contributed by atoms with Crippen LogP contribution in [0, 0.1) is 0 Å². The molecule has 0 saturated carbocycles. The SMILES string of the molecule is CCCN1CCCC(N[C@H](C)c2ccc(Cl)cc2)CC1. The van der Waals surface area contributed by atoms with E-state index in [1.807, 2.05) is 12.1 Å². The molecule has 2 rings (SSSR count). The summed E-state index contributed by atoms with van der Waals surface area (Å²) in [5, 5.41) is 4.60. The summed E-state index contributed by atoms with van der Waals surface area (Å²) in [6, 6.07) is 9.24. The average Bonchev–Trinajstić information content (AvgIpc) is 2.66. The largest absolute Gasteiger partial charge is 0.307 e. The van der Waals surface area contributed by atoms with Gasteiger partial charge in [-0.25, -0.2) is 0 Å². The minimum absolute atomic E-state index is 0.398. The highest BCUT2D eigenvalue weighted by atomic mass is 35.5. The molecule has 112 valence electrons. The highest BCUT2D eigenvalue weighted by Crippen LogP contribution is 2.19. The molecule has 1 fully saturated rings. The molecule has 0 radical (unpaired) electrons. The summed E-state index contributed by atoms with van der Waals surface area (Å²) < 4.78 is 0. The summed E-state index contributed by atoms with van der Waals surface area (Å²) in [7, 11) is 0. The van der Waals surface area contributed by atoms with Gasteiger partial charge in [0.2, 0.25) is 0 Å². The van der Waals surface area contributed by atoms with Crippen LogP contribution >= 0.6 is 11.6 Å². The van der Waals surface area contributed by atoms with Gasteiger partial charge >= 0.3 is 0 Å². The minimum Gasteiger partial charge on any atom is -0.307 e. The monoisotopic (exact) mass is 294 g/mol. The number of benzene rings is 1. The first-order valence-electron chi connectivity index (χ1n) is 7.93. The Balaban J connectivity index is 1.85. The van der Waals surface area contributed by atoms with Crippen molar-refractivity contribution in [1.29, 1.82) is 0 Å². The molecule has 2 atom stereocenters.